The first-order valence-electron chi connectivity index (χ1n) is 11.4. The van der Waals surface area contributed by atoms with Gasteiger partial charge in [0.15, 0.2) is 11.9 Å². The highest BCUT2D eigenvalue weighted by Crippen LogP contribution is 2.28. The SMILES string of the molecule is N=C(N)N1CCN(c2ccc(Cl)c(Cl)c2)CC1.N=C(N)N1CCN(c2ccc(Cl)c(Cl)c2)CC1.O=S(=O)(O)O. The molecule has 0 aliphatic carbocycles. The Morgan fingerprint density at radius 3 is 1.15 bits per heavy atom. The maximum atomic E-state index is 8.74. The molecule has 2 aromatic carbocycles. The van der Waals surface area contributed by atoms with Gasteiger partial charge in [-0.1, -0.05) is 46.4 Å². The molecule has 0 unspecified atom stereocenters. The Balaban J connectivity index is 0.000000234. The molecule has 2 aromatic rings. The van der Waals surface area contributed by atoms with Gasteiger partial charge in [-0.2, -0.15) is 8.42 Å². The lowest BCUT2D eigenvalue weighted by molar-refractivity contribution is 0.380. The van der Waals surface area contributed by atoms with Crippen molar-refractivity contribution in [1.82, 2.24) is 9.80 Å². The second-order valence-electron chi connectivity index (χ2n) is 8.36. The molecule has 0 saturated carbocycles. The average Bonchev–Trinajstić information content (AvgIpc) is 2.87. The van der Waals surface area contributed by atoms with Crippen molar-refractivity contribution >= 4 is 80.1 Å². The number of hydrogen-bond donors (Lipinski definition) is 6. The Morgan fingerprint density at radius 1 is 0.641 bits per heavy atom. The Kier molecular flexibility index (Phi) is 12.5. The highest BCUT2D eigenvalue weighted by Gasteiger charge is 2.19. The quantitative estimate of drug-likeness (QED) is 0.161. The molecule has 39 heavy (non-hydrogen) atoms. The lowest BCUT2D eigenvalue weighted by Gasteiger charge is -2.36. The zero-order chi connectivity index (χ0) is 29.3. The van der Waals surface area contributed by atoms with E-state index >= 15 is 0 Å². The highest BCUT2D eigenvalue weighted by molar-refractivity contribution is 7.79. The number of nitrogens with one attached hydrogen (secondary N) is 2. The van der Waals surface area contributed by atoms with E-state index in [4.69, 9.17) is 86.2 Å². The first-order valence-corrected chi connectivity index (χ1v) is 14.3. The van der Waals surface area contributed by atoms with Gasteiger partial charge in [0.25, 0.3) is 0 Å². The summed E-state index contributed by atoms with van der Waals surface area (Å²) in [6, 6.07) is 11.3. The van der Waals surface area contributed by atoms with Gasteiger partial charge in [0, 0.05) is 63.7 Å². The summed E-state index contributed by atoms with van der Waals surface area (Å²) in [6.45, 7) is 6.36. The van der Waals surface area contributed by atoms with Crippen LogP contribution in [-0.2, 0) is 10.4 Å². The standard InChI is InChI=1S/2C11H14Cl2N4.H2O4S/c2*12-9-2-1-8(7-10(9)13)16-3-5-17(6-4-16)11(14)15;1-5(2,3)4/h2*1-2,7H,3-6H2,(H3,14,15);(H2,1,2,3,4). The minimum Gasteiger partial charge on any atom is -0.370 e. The summed E-state index contributed by atoms with van der Waals surface area (Å²) in [5, 5.41) is 17.0. The molecule has 12 nitrogen and oxygen atoms in total. The lowest BCUT2D eigenvalue weighted by atomic mass is 10.2. The zero-order valence-corrected chi connectivity index (χ0v) is 24.5. The van der Waals surface area contributed by atoms with E-state index < -0.39 is 10.4 Å². The largest absolute Gasteiger partial charge is 0.394 e. The van der Waals surface area contributed by atoms with Crippen LogP contribution in [0.5, 0.6) is 0 Å². The fraction of sp³-hybridized carbons (Fsp3) is 0.364. The van der Waals surface area contributed by atoms with Crippen LogP contribution in [0, 0.1) is 10.8 Å². The topological polar surface area (TPSA) is 187 Å². The summed E-state index contributed by atoms with van der Waals surface area (Å²) in [7, 11) is -4.67. The van der Waals surface area contributed by atoms with Crippen molar-refractivity contribution in [1.29, 1.82) is 10.8 Å². The van der Waals surface area contributed by atoms with Crippen LogP contribution in [0.15, 0.2) is 36.4 Å². The third-order valence-corrected chi connectivity index (χ3v) is 7.26. The van der Waals surface area contributed by atoms with E-state index in [0.29, 0.717) is 20.1 Å². The number of hydrogen-bond acceptors (Lipinski definition) is 6. The van der Waals surface area contributed by atoms with Crippen molar-refractivity contribution < 1.29 is 17.5 Å². The van der Waals surface area contributed by atoms with E-state index in [-0.39, 0.29) is 11.9 Å². The second-order valence-corrected chi connectivity index (χ2v) is 10.9. The highest BCUT2D eigenvalue weighted by atomic mass is 35.5. The van der Waals surface area contributed by atoms with Gasteiger partial charge < -0.3 is 31.1 Å². The van der Waals surface area contributed by atoms with E-state index in [0.717, 1.165) is 63.7 Å². The third kappa shape index (κ3) is 11.3. The van der Waals surface area contributed by atoms with Gasteiger partial charge in [-0.3, -0.25) is 19.9 Å². The van der Waals surface area contributed by atoms with Crippen LogP contribution in [0.3, 0.4) is 0 Å². The monoisotopic (exact) mass is 642 g/mol. The van der Waals surface area contributed by atoms with Crippen LogP contribution in [0.25, 0.3) is 0 Å². The van der Waals surface area contributed by atoms with Gasteiger partial charge in [0.1, 0.15) is 0 Å². The maximum absolute atomic E-state index is 8.74. The van der Waals surface area contributed by atoms with Crippen molar-refractivity contribution in [3.63, 3.8) is 0 Å². The molecule has 4 rings (SSSR count). The van der Waals surface area contributed by atoms with Crippen LogP contribution < -0.4 is 21.3 Å². The van der Waals surface area contributed by atoms with E-state index in [9.17, 15) is 0 Å². The first kappa shape index (κ1) is 32.8. The molecule has 17 heteroatoms. The molecule has 0 atom stereocenters. The number of nitrogens with zero attached hydrogens (tertiary/aromatic N) is 4. The lowest BCUT2D eigenvalue weighted by Crippen LogP contribution is -2.50. The van der Waals surface area contributed by atoms with E-state index in [1.54, 1.807) is 12.1 Å². The van der Waals surface area contributed by atoms with Crippen molar-refractivity contribution in [2.75, 3.05) is 62.2 Å². The first-order chi connectivity index (χ1) is 18.2. The van der Waals surface area contributed by atoms with Crippen molar-refractivity contribution in [3.8, 4) is 0 Å². The molecule has 2 aliphatic rings. The van der Waals surface area contributed by atoms with Gasteiger partial charge >= 0.3 is 10.4 Å². The molecule has 2 fully saturated rings. The van der Waals surface area contributed by atoms with Crippen molar-refractivity contribution in [2.24, 2.45) is 11.5 Å². The molecule has 2 heterocycles. The average molecular weight is 644 g/mol. The van der Waals surface area contributed by atoms with Crippen LogP contribution in [0.4, 0.5) is 11.4 Å². The Hall–Kier alpha value is -2.39. The fourth-order valence-electron chi connectivity index (χ4n) is 3.77. The molecule has 8 N–H and O–H groups in total. The molecule has 0 amide bonds. The van der Waals surface area contributed by atoms with Crippen molar-refractivity contribution in [2.45, 2.75) is 0 Å². The van der Waals surface area contributed by atoms with E-state index in [1.807, 2.05) is 34.1 Å². The Morgan fingerprint density at radius 2 is 0.923 bits per heavy atom. The van der Waals surface area contributed by atoms with Gasteiger partial charge in [-0.25, -0.2) is 0 Å². The van der Waals surface area contributed by atoms with E-state index in [2.05, 4.69) is 9.80 Å². The van der Waals surface area contributed by atoms with Gasteiger partial charge in [-0.05, 0) is 36.4 Å². The van der Waals surface area contributed by atoms with Gasteiger partial charge in [0.2, 0.25) is 0 Å². The van der Waals surface area contributed by atoms with Crippen LogP contribution in [-0.4, -0.2) is 91.6 Å². The van der Waals surface area contributed by atoms with Crippen LogP contribution in [0.2, 0.25) is 20.1 Å². The molecule has 2 saturated heterocycles. The normalized spacial score (nSPS) is 15.5. The van der Waals surface area contributed by atoms with Gasteiger partial charge in [-0.15, -0.1) is 0 Å². The van der Waals surface area contributed by atoms with E-state index in [1.165, 1.54) is 0 Å². The molecule has 0 aromatic heterocycles. The summed E-state index contributed by atoms with van der Waals surface area (Å²) >= 11 is 23.7. The summed E-state index contributed by atoms with van der Waals surface area (Å²) in [4.78, 5) is 8.13. The minimum absolute atomic E-state index is 0.138. The smallest absolute Gasteiger partial charge is 0.370 e. The van der Waals surface area contributed by atoms with Crippen LogP contribution >= 0.6 is 46.4 Å². The minimum atomic E-state index is -4.67. The number of nitrogens with two attached hydrogens (primary N) is 2. The number of benzene rings is 2. The second kappa shape index (κ2) is 14.8. The molecule has 0 bridgehead atoms. The molecular formula is C22H30Cl4N8O4S. The fourth-order valence-corrected chi connectivity index (χ4v) is 4.36. The molecule has 216 valence electrons. The Labute approximate surface area is 247 Å². The summed E-state index contributed by atoms with van der Waals surface area (Å²) in [5.74, 6) is 0.276. The van der Waals surface area contributed by atoms with Crippen molar-refractivity contribution in [3.05, 3.63) is 56.5 Å². The molecule has 0 spiro atoms. The predicted octanol–water partition coefficient (Wildman–Crippen LogP) is 3.36. The number of piperazine rings is 2. The third-order valence-electron chi connectivity index (χ3n) is 5.78. The molecule has 2 aliphatic heterocycles. The number of halogens is 4. The summed E-state index contributed by atoms with van der Waals surface area (Å²) < 4.78 is 31.6. The van der Waals surface area contributed by atoms with Gasteiger partial charge in [0.05, 0.1) is 20.1 Å². The van der Waals surface area contributed by atoms with Crippen LogP contribution in [0.1, 0.15) is 0 Å². The number of rotatable bonds is 2. The predicted molar refractivity (Wildman–Crippen MR) is 159 cm³/mol. The Bertz CT molecular complexity index is 1170. The number of guanidine groups is 2. The maximum Gasteiger partial charge on any atom is 0.394 e. The summed E-state index contributed by atoms with van der Waals surface area (Å²) in [6.07, 6.45) is 0. The zero-order valence-electron chi connectivity index (χ0n) is 20.7. The number of anilines is 2. The molecular weight excluding hydrogens is 614 g/mol. The molecule has 0 radical (unpaired) electrons. The summed E-state index contributed by atoms with van der Waals surface area (Å²) in [5.41, 5.74) is 13.0.